The number of benzene rings is 2. The van der Waals surface area contributed by atoms with Gasteiger partial charge in [-0.25, -0.2) is 0 Å². The van der Waals surface area contributed by atoms with Gasteiger partial charge in [-0.05, 0) is 48.2 Å². The van der Waals surface area contributed by atoms with Crippen molar-refractivity contribution in [1.29, 1.82) is 0 Å². The maximum Gasteiger partial charge on any atom is 0.200 e. The van der Waals surface area contributed by atoms with Crippen LogP contribution < -0.4 is 9.47 Å². The van der Waals surface area contributed by atoms with Gasteiger partial charge in [-0.3, -0.25) is 4.90 Å². The number of hydrogen-bond donors (Lipinski definition) is 2. The first-order valence-electron chi connectivity index (χ1n) is 8.60. The highest BCUT2D eigenvalue weighted by atomic mass is 79.9. The predicted octanol–water partition coefficient (Wildman–Crippen LogP) is 3.66. The first-order valence-corrected chi connectivity index (χ1v) is 9.39. The van der Waals surface area contributed by atoms with Crippen molar-refractivity contribution in [1.82, 2.24) is 4.90 Å². The molecule has 0 aromatic heterocycles. The van der Waals surface area contributed by atoms with Gasteiger partial charge in [0.2, 0.25) is 5.75 Å². The summed E-state index contributed by atoms with van der Waals surface area (Å²) >= 11 is 3.43. The molecule has 0 unspecified atom stereocenters. The van der Waals surface area contributed by atoms with Gasteiger partial charge >= 0.3 is 0 Å². The summed E-state index contributed by atoms with van der Waals surface area (Å²) in [6.07, 6.45) is 1.36. The monoisotopic (exact) mass is 421 g/mol. The maximum absolute atomic E-state index is 11.0. The van der Waals surface area contributed by atoms with Crippen LogP contribution in [0.3, 0.4) is 0 Å². The number of phenols is 1. The van der Waals surface area contributed by atoms with Crippen LogP contribution in [0.5, 0.6) is 17.2 Å². The summed E-state index contributed by atoms with van der Waals surface area (Å²) < 4.78 is 11.5. The summed E-state index contributed by atoms with van der Waals surface area (Å²) in [6, 6.07) is 11.6. The number of phenolic OH excluding ortho intramolecular Hbond substituents is 1. The minimum absolute atomic E-state index is 0.0157. The van der Waals surface area contributed by atoms with E-state index >= 15 is 0 Å². The van der Waals surface area contributed by atoms with E-state index in [1.807, 2.05) is 36.4 Å². The second-order valence-electron chi connectivity index (χ2n) is 6.66. The molecule has 140 valence electrons. The number of rotatable bonds is 5. The Morgan fingerprint density at radius 3 is 2.08 bits per heavy atom. The number of nitrogens with zero attached hydrogens (tertiary/aromatic N) is 1. The molecule has 0 radical (unpaired) electrons. The summed E-state index contributed by atoms with van der Waals surface area (Å²) in [5.41, 5.74) is 1.19. The molecule has 5 nitrogen and oxygen atoms in total. The molecule has 0 aliphatic carbocycles. The van der Waals surface area contributed by atoms with E-state index in [1.165, 1.54) is 14.2 Å². The fourth-order valence-corrected chi connectivity index (χ4v) is 3.69. The Hall–Kier alpha value is -1.76. The molecule has 3 rings (SSSR count). The van der Waals surface area contributed by atoms with Crippen molar-refractivity contribution in [3.05, 3.63) is 52.0 Å². The number of aromatic hydroxyl groups is 1. The highest BCUT2D eigenvalue weighted by Crippen LogP contribution is 2.38. The molecule has 1 heterocycles. The Morgan fingerprint density at radius 2 is 1.58 bits per heavy atom. The summed E-state index contributed by atoms with van der Waals surface area (Å²) in [6.45, 7) is 2.29. The number of piperidine rings is 1. The molecule has 0 bridgehead atoms. The van der Waals surface area contributed by atoms with Crippen LogP contribution in [0.4, 0.5) is 0 Å². The first kappa shape index (κ1) is 19.0. The molecule has 6 heteroatoms. The lowest BCUT2D eigenvalue weighted by molar-refractivity contribution is -0.0277. The maximum atomic E-state index is 11.0. The van der Waals surface area contributed by atoms with Gasteiger partial charge in [-0.2, -0.15) is 0 Å². The number of methoxy groups -OCH3 is 2. The van der Waals surface area contributed by atoms with Crippen LogP contribution in [0.2, 0.25) is 0 Å². The molecule has 0 saturated carbocycles. The van der Waals surface area contributed by atoms with Crippen molar-refractivity contribution in [2.45, 2.75) is 25.0 Å². The third-order valence-corrected chi connectivity index (χ3v) is 5.54. The predicted molar refractivity (Wildman–Crippen MR) is 104 cm³/mol. The SMILES string of the molecule is COc1cc(CN2CCC(O)(c3ccc(Br)cc3)CC2)cc(OC)c1O. The Balaban J connectivity index is 1.68. The number of halogens is 1. The average molecular weight is 422 g/mol. The van der Waals surface area contributed by atoms with Crippen molar-refractivity contribution >= 4 is 15.9 Å². The molecule has 0 spiro atoms. The molecule has 2 N–H and O–H groups in total. The first-order chi connectivity index (χ1) is 12.4. The molecular formula is C20H24BrNO4. The normalized spacial score (nSPS) is 17.1. The van der Waals surface area contributed by atoms with E-state index in [4.69, 9.17) is 9.47 Å². The van der Waals surface area contributed by atoms with Crippen molar-refractivity contribution in [3.8, 4) is 17.2 Å². The Labute approximate surface area is 162 Å². The fraction of sp³-hybridized carbons (Fsp3) is 0.400. The van der Waals surface area contributed by atoms with E-state index in [-0.39, 0.29) is 5.75 Å². The molecular weight excluding hydrogens is 398 g/mol. The minimum Gasteiger partial charge on any atom is -0.502 e. The van der Waals surface area contributed by atoms with Gasteiger partial charge in [0, 0.05) is 24.1 Å². The Bertz CT molecular complexity index is 730. The van der Waals surface area contributed by atoms with Crippen molar-refractivity contribution < 1.29 is 19.7 Å². The number of hydrogen-bond acceptors (Lipinski definition) is 5. The number of aliphatic hydroxyl groups is 1. The van der Waals surface area contributed by atoms with Crippen molar-refractivity contribution in [3.63, 3.8) is 0 Å². The van der Waals surface area contributed by atoms with E-state index in [1.54, 1.807) is 0 Å². The molecule has 1 saturated heterocycles. The van der Waals surface area contributed by atoms with Gasteiger partial charge in [0.25, 0.3) is 0 Å². The lowest BCUT2D eigenvalue weighted by Gasteiger charge is -2.38. The highest BCUT2D eigenvalue weighted by Gasteiger charge is 2.33. The summed E-state index contributed by atoms with van der Waals surface area (Å²) in [4.78, 5) is 2.29. The second kappa shape index (κ2) is 7.86. The molecule has 1 fully saturated rings. The van der Waals surface area contributed by atoms with Crippen LogP contribution in [0.15, 0.2) is 40.9 Å². The molecule has 2 aromatic rings. The lowest BCUT2D eigenvalue weighted by atomic mass is 9.84. The summed E-state index contributed by atoms with van der Waals surface area (Å²) in [5, 5.41) is 21.0. The quantitative estimate of drug-likeness (QED) is 0.771. The van der Waals surface area contributed by atoms with E-state index in [9.17, 15) is 10.2 Å². The number of ether oxygens (including phenoxy) is 2. The smallest absolute Gasteiger partial charge is 0.200 e. The van der Waals surface area contributed by atoms with Gasteiger partial charge < -0.3 is 19.7 Å². The van der Waals surface area contributed by atoms with Crippen LogP contribution in [-0.2, 0) is 12.1 Å². The largest absolute Gasteiger partial charge is 0.502 e. The van der Waals surface area contributed by atoms with E-state index in [2.05, 4.69) is 20.8 Å². The van der Waals surface area contributed by atoms with Gasteiger partial charge in [-0.1, -0.05) is 28.1 Å². The third kappa shape index (κ3) is 3.98. The lowest BCUT2D eigenvalue weighted by Crippen LogP contribution is -2.42. The third-order valence-electron chi connectivity index (χ3n) is 5.01. The van der Waals surface area contributed by atoms with Gasteiger partial charge in [-0.15, -0.1) is 0 Å². The van der Waals surface area contributed by atoms with Gasteiger partial charge in [0.15, 0.2) is 11.5 Å². The molecule has 0 atom stereocenters. The van der Waals surface area contributed by atoms with Crippen LogP contribution in [0.1, 0.15) is 24.0 Å². The average Bonchev–Trinajstić information content (AvgIpc) is 2.65. The van der Waals surface area contributed by atoms with Crippen LogP contribution >= 0.6 is 15.9 Å². The molecule has 0 amide bonds. The van der Waals surface area contributed by atoms with Gasteiger partial charge in [0.05, 0.1) is 19.8 Å². The number of likely N-dealkylation sites (tertiary alicyclic amines) is 1. The zero-order valence-corrected chi connectivity index (χ0v) is 16.6. The molecule has 2 aromatic carbocycles. The summed E-state index contributed by atoms with van der Waals surface area (Å²) in [7, 11) is 3.05. The van der Waals surface area contributed by atoms with E-state index in [0.29, 0.717) is 30.9 Å². The zero-order chi connectivity index (χ0) is 18.7. The molecule has 1 aliphatic rings. The molecule has 26 heavy (non-hydrogen) atoms. The summed E-state index contributed by atoms with van der Waals surface area (Å²) in [5.74, 6) is 0.826. The fourth-order valence-electron chi connectivity index (χ4n) is 3.43. The van der Waals surface area contributed by atoms with Crippen LogP contribution in [0.25, 0.3) is 0 Å². The van der Waals surface area contributed by atoms with E-state index in [0.717, 1.165) is 28.7 Å². The van der Waals surface area contributed by atoms with Crippen molar-refractivity contribution in [2.24, 2.45) is 0 Å². The standard InChI is InChI=1S/C20H24BrNO4/c1-25-17-11-14(12-18(26-2)19(17)23)13-22-9-7-20(24,8-10-22)15-3-5-16(21)6-4-15/h3-6,11-12,23-24H,7-10,13H2,1-2H3. The van der Waals surface area contributed by atoms with Crippen LogP contribution in [-0.4, -0.2) is 42.4 Å². The minimum atomic E-state index is -0.776. The van der Waals surface area contributed by atoms with E-state index < -0.39 is 5.60 Å². The van der Waals surface area contributed by atoms with Crippen LogP contribution in [0, 0.1) is 0 Å². The molecule has 1 aliphatic heterocycles. The second-order valence-corrected chi connectivity index (χ2v) is 7.58. The Morgan fingerprint density at radius 1 is 1.04 bits per heavy atom. The van der Waals surface area contributed by atoms with Crippen molar-refractivity contribution in [2.75, 3.05) is 27.3 Å². The van der Waals surface area contributed by atoms with Gasteiger partial charge in [0.1, 0.15) is 0 Å². The Kier molecular flexibility index (Phi) is 5.75. The highest BCUT2D eigenvalue weighted by molar-refractivity contribution is 9.10. The zero-order valence-electron chi connectivity index (χ0n) is 15.0. The topological polar surface area (TPSA) is 62.2 Å².